The minimum absolute atomic E-state index is 0.0884. The van der Waals surface area contributed by atoms with E-state index in [1.54, 1.807) is 30.3 Å². The van der Waals surface area contributed by atoms with Gasteiger partial charge in [0, 0.05) is 5.39 Å². The number of imide groups is 1. The summed E-state index contributed by atoms with van der Waals surface area (Å²) in [7, 11) is 1.48. The molecule has 2 aromatic carbocycles. The zero-order valence-corrected chi connectivity index (χ0v) is 13.0. The van der Waals surface area contributed by atoms with Crippen LogP contribution in [0.5, 0.6) is 5.75 Å². The molecule has 7 nitrogen and oxygen atoms in total. The highest BCUT2D eigenvalue weighted by Crippen LogP contribution is 2.31. The van der Waals surface area contributed by atoms with Crippen LogP contribution in [-0.4, -0.2) is 30.0 Å². The Morgan fingerprint density at radius 2 is 1.68 bits per heavy atom. The van der Waals surface area contributed by atoms with Crippen molar-refractivity contribution in [2.45, 2.75) is 0 Å². The van der Waals surface area contributed by atoms with Crippen molar-refractivity contribution in [3.63, 3.8) is 0 Å². The summed E-state index contributed by atoms with van der Waals surface area (Å²) in [6.45, 7) is 0. The molecule has 0 radical (unpaired) electrons. The lowest BCUT2D eigenvalue weighted by molar-refractivity contribution is -0.0583. The van der Waals surface area contributed by atoms with E-state index in [4.69, 9.17) is 14.0 Å². The fraction of sp³-hybridized carbons (Fsp3) is 0.0556. The third-order valence-electron chi connectivity index (χ3n) is 3.93. The van der Waals surface area contributed by atoms with Gasteiger partial charge < -0.3 is 14.0 Å². The summed E-state index contributed by atoms with van der Waals surface area (Å²) in [5.41, 5.74) is 0.850. The summed E-state index contributed by atoms with van der Waals surface area (Å²) < 4.78 is 10.5. The van der Waals surface area contributed by atoms with Crippen LogP contribution in [0.3, 0.4) is 0 Å². The standard InChI is InChI=1S/C18H11NO6/c1-23-14-8-4-7-10-13(9-24-15(10)14)18(22)25-19-16(20)11-5-2-3-6-12(11)17(19)21/h2-9H,1H3. The number of hydrogen-bond donors (Lipinski definition) is 0. The van der Waals surface area contributed by atoms with Crippen molar-refractivity contribution in [2.75, 3.05) is 7.11 Å². The number of carbonyl (C=O) groups excluding carboxylic acids is 3. The van der Waals surface area contributed by atoms with Crippen LogP contribution < -0.4 is 4.74 Å². The predicted octanol–water partition coefficient (Wildman–Crippen LogP) is 2.81. The summed E-state index contributed by atoms with van der Waals surface area (Å²) in [5, 5.41) is 0.924. The first-order valence-electron chi connectivity index (χ1n) is 7.36. The fourth-order valence-corrected chi connectivity index (χ4v) is 2.73. The number of rotatable bonds is 3. The van der Waals surface area contributed by atoms with Gasteiger partial charge in [-0.15, -0.1) is 0 Å². The van der Waals surface area contributed by atoms with Crippen molar-refractivity contribution in [2.24, 2.45) is 0 Å². The van der Waals surface area contributed by atoms with Gasteiger partial charge in [-0.25, -0.2) is 4.79 Å². The SMILES string of the molecule is COc1cccc2c(C(=O)ON3C(=O)c4ccccc4C3=O)coc12. The van der Waals surface area contributed by atoms with Crippen molar-refractivity contribution >= 4 is 28.8 Å². The number of para-hydroxylation sites is 1. The van der Waals surface area contributed by atoms with Crippen LogP contribution in [0.2, 0.25) is 0 Å². The molecular formula is C18H11NO6. The molecule has 1 aromatic heterocycles. The summed E-state index contributed by atoms with van der Waals surface area (Å²) >= 11 is 0. The van der Waals surface area contributed by atoms with Crippen LogP contribution in [0, 0.1) is 0 Å². The molecule has 2 heterocycles. The number of furan rings is 1. The molecule has 0 fully saturated rings. The molecule has 0 N–H and O–H groups in total. The number of fused-ring (bicyclic) bond motifs is 2. The lowest BCUT2D eigenvalue weighted by Gasteiger charge is -2.11. The third kappa shape index (κ3) is 2.17. The van der Waals surface area contributed by atoms with Gasteiger partial charge >= 0.3 is 5.97 Å². The summed E-state index contributed by atoms with van der Waals surface area (Å²) in [6, 6.07) is 11.3. The first-order valence-corrected chi connectivity index (χ1v) is 7.36. The Kier molecular flexibility index (Phi) is 3.28. The molecule has 1 aliphatic heterocycles. The quantitative estimate of drug-likeness (QED) is 0.683. The van der Waals surface area contributed by atoms with Crippen molar-refractivity contribution in [1.29, 1.82) is 0 Å². The highest BCUT2D eigenvalue weighted by molar-refractivity contribution is 6.21. The van der Waals surface area contributed by atoms with Crippen LogP contribution in [0.15, 0.2) is 53.1 Å². The van der Waals surface area contributed by atoms with E-state index in [1.165, 1.54) is 25.5 Å². The van der Waals surface area contributed by atoms with Crippen molar-refractivity contribution in [1.82, 2.24) is 5.06 Å². The van der Waals surface area contributed by atoms with E-state index in [-0.39, 0.29) is 16.7 Å². The van der Waals surface area contributed by atoms with Gasteiger partial charge in [0.1, 0.15) is 11.8 Å². The molecule has 0 aliphatic carbocycles. The minimum Gasteiger partial charge on any atom is -0.493 e. The summed E-state index contributed by atoms with van der Waals surface area (Å²) in [5.74, 6) is -1.78. The molecule has 0 bridgehead atoms. The molecule has 0 atom stereocenters. The highest BCUT2D eigenvalue weighted by atomic mass is 16.7. The lowest BCUT2D eigenvalue weighted by atomic mass is 10.1. The number of benzene rings is 2. The molecule has 1 aliphatic rings. The maximum atomic E-state index is 12.4. The molecule has 2 amide bonds. The van der Waals surface area contributed by atoms with E-state index < -0.39 is 17.8 Å². The molecule has 3 aromatic rings. The maximum Gasteiger partial charge on any atom is 0.367 e. The van der Waals surface area contributed by atoms with Crippen LogP contribution in [0.25, 0.3) is 11.0 Å². The molecular weight excluding hydrogens is 326 g/mol. The second-order valence-corrected chi connectivity index (χ2v) is 5.32. The second-order valence-electron chi connectivity index (χ2n) is 5.32. The van der Waals surface area contributed by atoms with E-state index >= 15 is 0 Å². The monoisotopic (exact) mass is 337 g/mol. The average molecular weight is 337 g/mol. The Hall–Kier alpha value is -3.61. The van der Waals surface area contributed by atoms with Crippen LogP contribution >= 0.6 is 0 Å². The van der Waals surface area contributed by atoms with Gasteiger partial charge in [-0.3, -0.25) is 9.59 Å². The zero-order valence-electron chi connectivity index (χ0n) is 13.0. The van der Waals surface area contributed by atoms with Gasteiger partial charge in [0.15, 0.2) is 11.3 Å². The maximum absolute atomic E-state index is 12.4. The van der Waals surface area contributed by atoms with Crippen LogP contribution in [0.1, 0.15) is 31.1 Å². The smallest absolute Gasteiger partial charge is 0.367 e. The molecule has 0 saturated carbocycles. The molecule has 25 heavy (non-hydrogen) atoms. The molecule has 0 saturated heterocycles. The van der Waals surface area contributed by atoms with Gasteiger partial charge in [0.05, 0.1) is 18.2 Å². The molecule has 0 spiro atoms. The largest absolute Gasteiger partial charge is 0.493 e. The lowest BCUT2D eigenvalue weighted by Crippen LogP contribution is -2.32. The zero-order chi connectivity index (χ0) is 17.6. The first kappa shape index (κ1) is 14.9. The van der Waals surface area contributed by atoms with Crippen LogP contribution in [0.4, 0.5) is 0 Å². The Bertz CT molecular complexity index is 1000. The van der Waals surface area contributed by atoms with Crippen molar-refractivity contribution < 1.29 is 28.4 Å². The molecule has 0 unspecified atom stereocenters. The topological polar surface area (TPSA) is 86.0 Å². The average Bonchev–Trinajstić information content (AvgIpc) is 3.17. The number of hydrogen-bond acceptors (Lipinski definition) is 6. The van der Waals surface area contributed by atoms with E-state index in [2.05, 4.69) is 0 Å². The number of ether oxygens (including phenoxy) is 1. The third-order valence-corrected chi connectivity index (χ3v) is 3.93. The van der Waals surface area contributed by atoms with E-state index in [1.807, 2.05) is 0 Å². The molecule has 124 valence electrons. The predicted molar refractivity (Wildman–Crippen MR) is 85.1 cm³/mol. The molecule has 7 heteroatoms. The number of hydroxylamine groups is 2. The van der Waals surface area contributed by atoms with Gasteiger partial charge in [0.2, 0.25) is 0 Å². The normalized spacial score (nSPS) is 13.2. The van der Waals surface area contributed by atoms with Gasteiger partial charge in [0.25, 0.3) is 11.8 Å². The fourth-order valence-electron chi connectivity index (χ4n) is 2.73. The molecule has 4 rings (SSSR count). The van der Waals surface area contributed by atoms with Crippen molar-refractivity contribution in [3.05, 3.63) is 65.4 Å². The highest BCUT2D eigenvalue weighted by Gasteiger charge is 2.39. The van der Waals surface area contributed by atoms with Gasteiger partial charge in [-0.2, -0.15) is 0 Å². The van der Waals surface area contributed by atoms with E-state index in [9.17, 15) is 14.4 Å². The number of methoxy groups -OCH3 is 1. The number of nitrogens with zero attached hydrogens (tertiary/aromatic N) is 1. The summed E-state index contributed by atoms with van der Waals surface area (Å²) in [4.78, 5) is 42.0. The minimum atomic E-state index is -0.874. The Morgan fingerprint density at radius 3 is 2.32 bits per heavy atom. The Morgan fingerprint density at radius 1 is 1.00 bits per heavy atom. The van der Waals surface area contributed by atoms with Gasteiger partial charge in [-0.05, 0) is 24.3 Å². The summed E-state index contributed by atoms with van der Waals surface area (Å²) in [6.07, 6.45) is 1.20. The van der Waals surface area contributed by atoms with Crippen LogP contribution in [-0.2, 0) is 4.84 Å². The van der Waals surface area contributed by atoms with E-state index in [0.29, 0.717) is 21.8 Å². The second kappa shape index (κ2) is 5.48. The van der Waals surface area contributed by atoms with E-state index in [0.717, 1.165) is 0 Å². The van der Waals surface area contributed by atoms with Gasteiger partial charge in [-0.1, -0.05) is 23.3 Å². The number of carbonyl (C=O) groups is 3. The Balaban J connectivity index is 1.66. The first-order chi connectivity index (χ1) is 12.1. The van der Waals surface area contributed by atoms with Crippen molar-refractivity contribution in [3.8, 4) is 5.75 Å². The Labute approximate surface area is 141 Å². The number of amides is 2.